The topological polar surface area (TPSA) is 118 Å². The second-order valence-corrected chi connectivity index (χ2v) is 6.99. The van der Waals surface area contributed by atoms with Crippen molar-refractivity contribution in [1.29, 1.82) is 10.5 Å². The number of urea groups is 3. The number of nitriles is 2. The van der Waals surface area contributed by atoms with Crippen LogP contribution in [0.5, 0.6) is 0 Å². The summed E-state index contributed by atoms with van der Waals surface area (Å²) in [6.45, 7) is 0.125. The molecule has 0 saturated carbocycles. The molecule has 0 aromatic heterocycles. The molecule has 0 aromatic carbocycles. The van der Waals surface area contributed by atoms with Crippen molar-refractivity contribution in [3.63, 3.8) is 0 Å². The molecule has 0 N–H and O–H groups in total. The zero-order valence-electron chi connectivity index (χ0n) is 14.9. The van der Waals surface area contributed by atoms with Gasteiger partial charge in [-0.1, -0.05) is 24.3 Å². The van der Waals surface area contributed by atoms with Gasteiger partial charge in [-0.15, -0.1) is 0 Å². The summed E-state index contributed by atoms with van der Waals surface area (Å²) in [7, 11) is 0. The predicted octanol–water partition coefficient (Wildman–Crippen LogP) is -0.306. The molecule has 5 rings (SSSR count). The van der Waals surface area contributed by atoms with Gasteiger partial charge in [0, 0.05) is 26.2 Å². The van der Waals surface area contributed by atoms with Crippen molar-refractivity contribution in [1.82, 2.24) is 29.4 Å². The van der Waals surface area contributed by atoms with E-state index in [0.29, 0.717) is 0 Å². The lowest BCUT2D eigenvalue weighted by molar-refractivity contribution is -0.139. The number of carbonyl (C=O) groups excluding carboxylic acids is 3. The van der Waals surface area contributed by atoms with E-state index < -0.39 is 17.6 Å². The maximum atomic E-state index is 13.5. The van der Waals surface area contributed by atoms with E-state index in [9.17, 15) is 24.9 Å². The first-order valence-corrected chi connectivity index (χ1v) is 8.90. The van der Waals surface area contributed by atoms with E-state index in [1.165, 1.54) is 29.4 Å². The van der Waals surface area contributed by atoms with E-state index in [2.05, 4.69) is 0 Å². The molecule has 0 aliphatic carbocycles. The fourth-order valence-corrected chi connectivity index (χ4v) is 5.24. The molecule has 2 spiro atoms. The second kappa shape index (κ2) is 5.16. The van der Waals surface area contributed by atoms with E-state index in [1.807, 2.05) is 12.1 Å². The van der Waals surface area contributed by atoms with E-state index in [4.69, 9.17) is 0 Å². The summed E-state index contributed by atoms with van der Waals surface area (Å²) in [4.78, 5) is 48.7. The molecular formula is C17H16N8O3. The molecule has 0 atom stereocenters. The van der Waals surface area contributed by atoms with Gasteiger partial charge >= 0.3 is 18.1 Å². The molecule has 0 radical (unpaired) electrons. The van der Waals surface area contributed by atoms with Gasteiger partial charge in [0.2, 0.25) is 0 Å². The van der Waals surface area contributed by atoms with Crippen LogP contribution in [0, 0.1) is 22.7 Å². The van der Waals surface area contributed by atoms with Crippen molar-refractivity contribution in [2.75, 3.05) is 39.3 Å². The third-order valence-corrected chi connectivity index (χ3v) is 6.04. The monoisotopic (exact) mass is 380 g/mol. The normalized spacial score (nSPS) is 32.4. The SMILES string of the molecule is N#CCN1C(=O)N(CC#N)C23N4CC=CCN2C(=O)N2CC=CCN(C4=O)C123. The zero-order chi connectivity index (χ0) is 19.7. The summed E-state index contributed by atoms with van der Waals surface area (Å²) in [5, 5.41) is 18.9. The van der Waals surface area contributed by atoms with Crippen LogP contribution >= 0.6 is 0 Å². The molecule has 0 unspecified atom stereocenters. The number of nitrogens with zero attached hydrogens (tertiary/aromatic N) is 8. The minimum atomic E-state index is -1.51. The van der Waals surface area contributed by atoms with Crippen LogP contribution in [-0.2, 0) is 0 Å². The van der Waals surface area contributed by atoms with Gasteiger partial charge in [-0.25, -0.2) is 14.4 Å². The summed E-state index contributed by atoms with van der Waals surface area (Å²) in [6.07, 6.45) is 7.11. The number of hydrogen-bond acceptors (Lipinski definition) is 5. The van der Waals surface area contributed by atoms with Crippen molar-refractivity contribution in [2.45, 2.75) is 11.6 Å². The Morgan fingerprint density at radius 2 is 1.00 bits per heavy atom. The first-order valence-electron chi connectivity index (χ1n) is 8.90. The minimum absolute atomic E-state index is 0.189. The summed E-state index contributed by atoms with van der Waals surface area (Å²) in [5.41, 5.74) is 0. The molecule has 11 nitrogen and oxygen atoms in total. The molecule has 5 aliphatic heterocycles. The standard InChI is InChI=1S/C17H16N8O3/c18-5-11-24-15(28)25(12-6-19)17-16(24)20-7-1-2-8-21(16)14(27)23(17)10-4-3-9-22(17)13(20)26/h1-4H,7-12H2. The fraction of sp³-hybridized carbons (Fsp3) is 0.471. The third kappa shape index (κ3) is 1.39. The van der Waals surface area contributed by atoms with E-state index in [-0.39, 0.29) is 51.3 Å². The molecule has 3 fully saturated rings. The van der Waals surface area contributed by atoms with Gasteiger partial charge < -0.3 is 0 Å². The zero-order valence-corrected chi connectivity index (χ0v) is 14.9. The van der Waals surface area contributed by atoms with Crippen LogP contribution in [0.2, 0.25) is 0 Å². The van der Waals surface area contributed by atoms with Gasteiger partial charge in [-0.05, 0) is 0 Å². The molecule has 28 heavy (non-hydrogen) atoms. The first kappa shape index (κ1) is 16.4. The number of carbonyl (C=O) groups is 3. The Morgan fingerprint density at radius 3 is 1.29 bits per heavy atom. The van der Waals surface area contributed by atoms with Gasteiger partial charge in [-0.2, -0.15) is 10.5 Å². The number of amides is 6. The number of rotatable bonds is 2. The van der Waals surface area contributed by atoms with Crippen molar-refractivity contribution in [3.05, 3.63) is 24.3 Å². The van der Waals surface area contributed by atoms with Gasteiger partial charge in [-0.3, -0.25) is 29.4 Å². The summed E-state index contributed by atoms with van der Waals surface area (Å²) in [6, 6.07) is 2.73. The lowest BCUT2D eigenvalue weighted by Gasteiger charge is -2.46. The molecule has 3 saturated heterocycles. The quantitative estimate of drug-likeness (QED) is 0.481. The van der Waals surface area contributed by atoms with Crippen LogP contribution in [-0.4, -0.2) is 98.3 Å². The molecular weight excluding hydrogens is 364 g/mol. The van der Waals surface area contributed by atoms with Crippen molar-refractivity contribution < 1.29 is 14.4 Å². The van der Waals surface area contributed by atoms with Crippen LogP contribution < -0.4 is 0 Å². The van der Waals surface area contributed by atoms with Crippen molar-refractivity contribution in [3.8, 4) is 12.1 Å². The van der Waals surface area contributed by atoms with E-state index in [1.54, 1.807) is 24.3 Å². The van der Waals surface area contributed by atoms with Crippen LogP contribution in [0.15, 0.2) is 24.3 Å². The maximum absolute atomic E-state index is 13.5. The highest BCUT2D eigenvalue weighted by molar-refractivity contribution is 5.95. The number of hydrogen-bond donors (Lipinski definition) is 0. The molecule has 0 bridgehead atoms. The molecule has 0 aromatic rings. The lowest BCUT2D eigenvalue weighted by Crippen LogP contribution is -2.73. The molecule has 11 heteroatoms. The Hall–Kier alpha value is -3.73. The van der Waals surface area contributed by atoms with Gasteiger partial charge in [0.25, 0.3) is 11.6 Å². The average molecular weight is 380 g/mol. The van der Waals surface area contributed by atoms with Crippen LogP contribution in [0.3, 0.4) is 0 Å². The smallest absolute Gasteiger partial charge is 0.274 e. The Balaban J connectivity index is 1.89. The fourth-order valence-electron chi connectivity index (χ4n) is 5.24. The first-order chi connectivity index (χ1) is 13.6. The van der Waals surface area contributed by atoms with Crippen molar-refractivity contribution >= 4 is 18.1 Å². The van der Waals surface area contributed by atoms with Crippen LogP contribution in [0.1, 0.15) is 0 Å². The minimum Gasteiger partial charge on any atom is -0.274 e. The van der Waals surface area contributed by atoms with Gasteiger partial charge in [0.1, 0.15) is 13.1 Å². The van der Waals surface area contributed by atoms with Crippen molar-refractivity contribution in [2.24, 2.45) is 0 Å². The Kier molecular flexibility index (Phi) is 3.03. The average Bonchev–Trinajstić information content (AvgIpc) is 2.96. The molecule has 5 aliphatic rings. The molecule has 6 amide bonds. The van der Waals surface area contributed by atoms with Gasteiger partial charge in [0.05, 0.1) is 12.1 Å². The van der Waals surface area contributed by atoms with Crippen LogP contribution in [0.4, 0.5) is 14.4 Å². The highest BCUT2D eigenvalue weighted by Crippen LogP contribution is 2.59. The predicted molar refractivity (Wildman–Crippen MR) is 91.4 cm³/mol. The summed E-state index contributed by atoms with van der Waals surface area (Å²) < 4.78 is 0. The van der Waals surface area contributed by atoms with Crippen LogP contribution in [0.25, 0.3) is 0 Å². The second-order valence-electron chi connectivity index (χ2n) is 6.99. The van der Waals surface area contributed by atoms with E-state index >= 15 is 0 Å². The lowest BCUT2D eigenvalue weighted by atomic mass is 10.1. The largest absolute Gasteiger partial charge is 0.328 e. The third-order valence-electron chi connectivity index (χ3n) is 6.04. The Bertz CT molecular complexity index is 833. The Labute approximate surface area is 160 Å². The Morgan fingerprint density at radius 1 is 0.679 bits per heavy atom. The maximum Gasteiger partial charge on any atom is 0.328 e. The molecule has 5 heterocycles. The highest BCUT2D eigenvalue weighted by Gasteiger charge is 2.88. The highest BCUT2D eigenvalue weighted by atomic mass is 16.2. The van der Waals surface area contributed by atoms with Gasteiger partial charge in [0.15, 0.2) is 0 Å². The summed E-state index contributed by atoms with van der Waals surface area (Å²) >= 11 is 0. The summed E-state index contributed by atoms with van der Waals surface area (Å²) in [5.74, 6) is -3.03. The molecule has 142 valence electrons. The van der Waals surface area contributed by atoms with E-state index in [0.717, 1.165) is 0 Å².